The molecule has 1 aliphatic heterocycles. The molecule has 0 bridgehead atoms. The van der Waals surface area contributed by atoms with Crippen molar-refractivity contribution in [2.45, 2.75) is 18.6 Å². The molecule has 0 radical (unpaired) electrons. The Balaban J connectivity index is 2.17. The molecule has 0 fully saturated rings. The lowest BCUT2D eigenvalue weighted by molar-refractivity contribution is -0.137. The minimum atomic E-state index is -4.45. The number of ketones is 1. The first-order chi connectivity index (χ1) is 11.7. The molecular formula is C17H18F3N3O2. The van der Waals surface area contributed by atoms with Crippen LogP contribution in [0.4, 0.5) is 13.2 Å². The van der Waals surface area contributed by atoms with Crippen molar-refractivity contribution in [3.63, 3.8) is 0 Å². The average molecular weight is 353 g/mol. The maximum atomic E-state index is 13.0. The number of hydrogen-bond donors (Lipinski definition) is 0. The summed E-state index contributed by atoms with van der Waals surface area (Å²) in [4.78, 5) is 14.3. The van der Waals surface area contributed by atoms with E-state index in [2.05, 4.69) is 5.10 Å². The second-order valence-corrected chi connectivity index (χ2v) is 6.08. The van der Waals surface area contributed by atoms with E-state index < -0.39 is 17.8 Å². The number of methoxy groups -OCH3 is 1. The van der Waals surface area contributed by atoms with Crippen molar-refractivity contribution in [1.82, 2.24) is 14.7 Å². The number of fused-ring (bicyclic) bond motifs is 1. The second kappa shape index (κ2) is 6.18. The summed E-state index contributed by atoms with van der Waals surface area (Å²) in [5.74, 6) is 0.103. The van der Waals surface area contributed by atoms with Crippen LogP contribution >= 0.6 is 0 Å². The van der Waals surface area contributed by atoms with E-state index in [1.165, 1.54) is 17.9 Å². The highest BCUT2D eigenvalue weighted by Crippen LogP contribution is 2.40. The van der Waals surface area contributed by atoms with Crippen LogP contribution in [0.5, 0.6) is 5.75 Å². The smallest absolute Gasteiger partial charge is 0.416 e. The van der Waals surface area contributed by atoms with Gasteiger partial charge in [-0.3, -0.25) is 14.4 Å². The molecule has 0 saturated carbocycles. The summed E-state index contributed by atoms with van der Waals surface area (Å²) < 4.78 is 45.7. The number of benzene rings is 1. The summed E-state index contributed by atoms with van der Waals surface area (Å²) >= 11 is 0. The van der Waals surface area contributed by atoms with E-state index in [1.54, 1.807) is 13.2 Å². The van der Waals surface area contributed by atoms with Crippen LogP contribution in [0.2, 0.25) is 0 Å². The number of Topliss-reactive ketones (excluding diaryl/α,β-unsaturated/α-hetero) is 1. The Morgan fingerprint density at radius 2 is 1.96 bits per heavy atom. The molecule has 5 nitrogen and oxygen atoms in total. The van der Waals surface area contributed by atoms with Crippen molar-refractivity contribution in [1.29, 1.82) is 0 Å². The number of rotatable bonds is 2. The molecule has 0 amide bonds. The minimum absolute atomic E-state index is 0.0322. The fraction of sp³-hybridized carbons (Fsp3) is 0.412. The van der Waals surface area contributed by atoms with Gasteiger partial charge < -0.3 is 4.74 Å². The summed E-state index contributed by atoms with van der Waals surface area (Å²) in [6, 6.07) is 3.03. The molecule has 1 atom stereocenters. The van der Waals surface area contributed by atoms with Gasteiger partial charge in [-0.15, -0.1) is 0 Å². The van der Waals surface area contributed by atoms with E-state index in [0.29, 0.717) is 29.8 Å². The van der Waals surface area contributed by atoms with Gasteiger partial charge in [-0.2, -0.15) is 18.3 Å². The molecular weight excluding hydrogens is 335 g/mol. The van der Waals surface area contributed by atoms with E-state index in [-0.39, 0.29) is 11.5 Å². The van der Waals surface area contributed by atoms with E-state index in [4.69, 9.17) is 4.74 Å². The van der Waals surface area contributed by atoms with Crippen LogP contribution in [0.15, 0.2) is 24.4 Å². The first-order valence-electron chi connectivity index (χ1n) is 7.74. The predicted octanol–water partition coefficient (Wildman–Crippen LogP) is 3.06. The van der Waals surface area contributed by atoms with Crippen molar-refractivity contribution in [3.8, 4) is 5.75 Å². The highest BCUT2D eigenvalue weighted by atomic mass is 19.4. The normalized spacial score (nSPS) is 18.8. The molecule has 0 aliphatic carbocycles. The van der Waals surface area contributed by atoms with Crippen molar-refractivity contribution in [2.24, 2.45) is 7.05 Å². The molecule has 2 heterocycles. The number of aryl methyl sites for hydroxylation is 1. The molecule has 134 valence electrons. The third-order valence-corrected chi connectivity index (χ3v) is 4.51. The zero-order valence-corrected chi connectivity index (χ0v) is 14.1. The van der Waals surface area contributed by atoms with E-state index >= 15 is 0 Å². The van der Waals surface area contributed by atoms with Crippen LogP contribution in [-0.4, -0.2) is 41.2 Å². The predicted molar refractivity (Wildman–Crippen MR) is 84.6 cm³/mol. The van der Waals surface area contributed by atoms with Crippen LogP contribution < -0.4 is 4.74 Å². The highest BCUT2D eigenvalue weighted by molar-refractivity contribution is 5.96. The Kier molecular flexibility index (Phi) is 4.32. The molecule has 0 saturated heterocycles. The largest absolute Gasteiger partial charge is 0.496 e. The Labute approximate surface area is 143 Å². The average Bonchev–Trinajstić information content (AvgIpc) is 2.87. The number of carbonyl (C=O) groups excluding carboxylic acids is 1. The Morgan fingerprint density at radius 3 is 2.60 bits per heavy atom. The van der Waals surface area contributed by atoms with Gasteiger partial charge in [0, 0.05) is 31.1 Å². The number of nitrogens with zero attached hydrogens (tertiary/aromatic N) is 3. The molecule has 0 spiro atoms. The maximum Gasteiger partial charge on any atom is 0.416 e. The lowest BCUT2D eigenvalue weighted by Gasteiger charge is -2.27. The third kappa shape index (κ3) is 3.02. The highest BCUT2D eigenvalue weighted by Gasteiger charge is 2.35. The standard InChI is InChI=1S/C17H18F3N3O2/c1-22-7-6-13(24)16-12(9-21-23(16)2)15(22)11-5-4-10(17(18,19)20)8-14(11)25-3/h4-5,8-9,15H,6-7H2,1-3H3. The van der Waals surface area contributed by atoms with Gasteiger partial charge in [0.15, 0.2) is 5.78 Å². The third-order valence-electron chi connectivity index (χ3n) is 4.51. The summed E-state index contributed by atoms with van der Waals surface area (Å²) in [6.45, 7) is 0.488. The number of alkyl halides is 3. The number of carbonyl (C=O) groups is 1. The zero-order chi connectivity index (χ0) is 18.4. The van der Waals surface area contributed by atoms with E-state index in [1.807, 2.05) is 11.9 Å². The van der Waals surface area contributed by atoms with Crippen molar-refractivity contribution in [3.05, 3.63) is 46.8 Å². The van der Waals surface area contributed by atoms with Gasteiger partial charge in [0.25, 0.3) is 0 Å². The number of halogens is 3. The lowest BCUT2D eigenvalue weighted by atomic mass is 9.95. The topological polar surface area (TPSA) is 47.4 Å². The first kappa shape index (κ1) is 17.5. The van der Waals surface area contributed by atoms with Crippen LogP contribution in [0.3, 0.4) is 0 Å². The van der Waals surface area contributed by atoms with E-state index in [9.17, 15) is 18.0 Å². The van der Waals surface area contributed by atoms with Gasteiger partial charge in [-0.1, -0.05) is 6.07 Å². The molecule has 3 rings (SSSR count). The lowest BCUT2D eigenvalue weighted by Crippen LogP contribution is -2.26. The molecule has 1 aromatic heterocycles. The minimum Gasteiger partial charge on any atom is -0.496 e. The monoisotopic (exact) mass is 353 g/mol. The Bertz CT molecular complexity index is 814. The molecule has 8 heteroatoms. The first-order valence-corrected chi connectivity index (χ1v) is 7.74. The summed E-state index contributed by atoms with van der Waals surface area (Å²) in [5.41, 5.74) is 0.954. The van der Waals surface area contributed by atoms with Gasteiger partial charge in [0.05, 0.1) is 24.9 Å². The number of hydrogen-bond acceptors (Lipinski definition) is 4. The van der Waals surface area contributed by atoms with Gasteiger partial charge in [0.2, 0.25) is 0 Å². The van der Waals surface area contributed by atoms with Crippen LogP contribution in [0.1, 0.15) is 39.6 Å². The van der Waals surface area contributed by atoms with Crippen LogP contribution in [-0.2, 0) is 13.2 Å². The molecule has 1 aromatic carbocycles. The van der Waals surface area contributed by atoms with Gasteiger partial charge in [-0.05, 0) is 19.2 Å². The zero-order valence-electron chi connectivity index (χ0n) is 14.1. The van der Waals surface area contributed by atoms with Gasteiger partial charge in [0.1, 0.15) is 11.4 Å². The number of ether oxygens (including phenoxy) is 1. The molecule has 1 unspecified atom stereocenters. The fourth-order valence-corrected chi connectivity index (χ4v) is 3.28. The maximum absolute atomic E-state index is 13.0. The molecule has 0 N–H and O–H groups in total. The van der Waals surface area contributed by atoms with Gasteiger partial charge >= 0.3 is 6.18 Å². The van der Waals surface area contributed by atoms with Gasteiger partial charge in [-0.25, -0.2) is 0 Å². The molecule has 2 aromatic rings. The molecule has 25 heavy (non-hydrogen) atoms. The fourth-order valence-electron chi connectivity index (χ4n) is 3.28. The van der Waals surface area contributed by atoms with Crippen LogP contribution in [0, 0.1) is 0 Å². The second-order valence-electron chi connectivity index (χ2n) is 6.08. The Morgan fingerprint density at radius 1 is 1.24 bits per heavy atom. The van der Waals surface area contributed by atoms with Crippen molar-refractivity contribution < 1.29 is 22.7 Å². The quantitative estimate of drug-likeness (QED) is 0.833. The number of aromatic nitrogens is 2. The molecule has 1 aliphatic rings. The van der Waals surface area contributed by atoms with Crippen molar-refractivity contribution in [2.75, 3.05) is 20.7 Å². The Hall–Kier alpha value is -2.35. The van der Waals surface area contributed by atoms with E-state index in [0.717, 1.165) is 12.1 Å². The SMILES string of the molecule is COc1cc(C(F)(F)F)ccc1C1c2cnn(C)c2C(=O)CCN1C. The summed E-state index contributed by atoms with van der Waals surface area (Å²) in [7, 11) is 4.85. The summed E-state index contributed by atoms with van der Waals surface area (Å²) in [6.07, 6.45) is -2.53. The summed E-state index contributed by atoms with van der Waals surface area (Å²) in [5, 5.41) is 4.16. The van der Waals surface area contributed by atoms with Crippen LogP contribution in [0.25, 0.3) is 0 Å². The van der Waals surface area contributed by atoms with Crippen molar-refractivity contribution >= 4 is 5.78 Å².